The van der Waals surface area contributed by atoms with Crippen molar-refractivity contribution in [3.05, 3.63) is 28.8 Å². The van der Waals surface area contributed by atoms with Gasteiger partial charge in [0.25, 0.3) is 0 Å². The first-order chi connectivity index (χ1) is 12.1. The molecule has 0 saturated carbocycles. The van der Waals surface area contributed by atoms with Gasteiger partial charge in [-0.3, -0.25) is 9.10 Å². The maximum atomic E-state index is 12.3. The number of benzene rings is 1. The van der Waals surface area contributed by atoms with E-state index in [1.807, 2.05) is 20.8 Å². The summed E-state index contributed by atoms with van der Waals surface area (Å²) in [6, 6.07) is 5.16. The molecule has 0 atom stereocenters. The fourth-order valence-corrected chi connectivity index (χ4v) is 4.55. The molecule has 7 heteroatoms. The molecular weight excluding hydrogens is 384 g/mol. The number of sulfonamides is 1. The van der Waals surface area contributed by atoms with Gasteiger partial charge < -0.3 is 5.32 Å². The monoisotopic (exact) mass is 416 g/mol. The molecule has 1 rings (SSSR count). The van der Waals surface area contributed by atoms with Gasteiger partial charge in [0, 0.05) is 23.5 Å². The maximum Gasteiger partial charge on any atom is 0.232 e. The van der Waals surface area contributed by atoms with Crippen molar-refractivity contribution in [3.63, 3.8) is 0 Å². The minimum Gasteiger partial charge on any atom is -0.351 e. The van der Waals surface area contributed by atoms with Gasteiger partial charge in [-0.2, -0.15) is 0 Å². The van der Waals surface area contributed by atoms with Crippen LogP contribution in [0.3, 0.4) is 0 Å². The van der Waals surface area contributed by atoms with Gasteiger partial charge in [-0.25, -0.2) is 8.42 Å². The largest absolute Gasteiger partial charge is 0.351 e. The molecule has 1 aromatic rings. The van der Waals surface area contributed by atoms with Crippen molar-refractivity contribution >= 4 is 33.2 Å². The molecule has 0 unspecified atom stereocenters. The highest BCUT2D eigenvalue weighted by Gasteiger charge is 2.27. The highest BCUT2D eigenvalue weighted by atomic mass is 35.5. The van der Waals surface area contributed by atoms with Crippen molar-refractivity contribution in [2.75, 3.05) is 17.1 Å². The summed E-state index contributed by atoms with van der Waals surface area (Å²) in [6.45, 7) is 12.5. The van der Waals surface area contributed by atoms with Gasteiger partial charge in [-0.15, -0.1) is 0 Å². The molecule has 1 amide bonds. The fraction of sp³-hybridized carbons (Fsp3) is 0.650. The van der Waals surface area contributed by atoms with Crippen LogP contribution >= 0.6 is 11.6 Å². The van der Waals surface area contributed by atoms with Crippen molar-refractivity contribution in [1.82, 2.24) is 5.32 Å². The van der Waals surface area contributed by atoms with E-state index in [-0.39, 0.29) is 29.8 Å². The van der Waals surface area contributed by atoms with E-state index in [0.29, 0.717) is 17.1 Å². The predicted octanol–water partition coefficient (Wildman–Crippen LogP) is 4.53. The lowest BCUT2D eigenvalue weighted by Crippen LogP contribution is -2.46. The van der Waals surface area contributed by atoms with Crippen LogP contribution in [0, 0.1) is 12.3 Å². The first-order valence-electron chi connectivity index (χ1n) is 9.16. The van der Waals surface area contributed by atoms with Crippen molar-refractivity contribution in [2.45, 2.75) is 66.3 Å². The second-order valence-electron chi connectivity index (χ2n) is 9.04. The van der Waals surface area contributed by atoms with Gasteiger partial charge in [0.1, 0.15) is 0 Å². The third-order valence-electron chi connectivity index (χ3n) is 4.06. The van der Waals surface area contributed by atoms with E-state index in [2.05, 4.69) is 26.1 Å². The quantitative estimate of drug-likeness (QED) is 0.677. The average Bonchev–Trinajstić information content (AvgIpc) is 2.42. The molecule has 0 radical (unpaired) electrons. The number of carbonyl (C=O) groups is 1. The molecule has 154 valence electrons. The maximum absolute atomic E-state index is 12.3. The van der Waals surface area contributed by atoms with E-state index in [1.54, 1.807) is 18.2 Å². The molecule has 0 saturated heterocycles. The van der Waals surface area contributed by atoms with Gasteiger partial charge in [0.15, 0.2) is 0 Å². The molecule has 0 bridgehead atoms. The van der Waals surface area contributed by atoms with Crippen LogP contribution < -0.4 is 9.62 Å². The number of hydrogen-bond donors (Lipinski definition) is 1. The number of halogens is 1. The molecule has 0 aromatic heterocycles. The minimum atomic E-state index is -3.46. The van der Waals surface area contributed by atoms with E-state index in [0.717, 1.165) is 18.2 Å². The Hall–Kier alpha value is -1.27. The minimum absolute atomic E-state index is 0.0698. The Morgan fingerprint density at radius 2 is 1.78 bits per heavy atom. The van der Waals surface area contributed by atoms with Crippen LogP contribution in [0.2, 0.25) is 5.02 Å². The summed E-state index contributed by atoms with van der Waals surface area (Å²) in [5.41, 5.74) is 1.20. The first-order valence-corrected chi connectivity index (χ1v) is 11.4. The highest BCUT2D eigenvalue weighted by molar-refractivity contribution is 7.92. The molecule has 0 fully saturated rings. The van der Waals surface area contributed by atoms with E-state index < -0.39 is 10.0 Å². The van der Waals surface area contributed by atoms with Crippen LogP contribution in [-0.2, 0) is 14.8 Å². The number of rotatable bonds is 8. The molecule has 0 aliphatic rings. The van der Waals surface area contributed by atoms with Crippen molar-refractivity contribution in [1.29, 1.82) is 0 Å². The highest BCUT2D eigenvalue weighted by Crippen LogP contribution is 2.27. The lowest BCUT2D eigenvalue weighted by molar-refractivity contribution is -0.123. The van der Waals surface area contributed by atoms with E-state index >= 15 is 0 Å². The van der Waals surface area contributed by atoms with E-state index in [4.69, 9.17) is 11.6 Å². The standard InChI is InChI=1S/C20H33ClN2O3S/c1-15-10-11-16(13-17(15)21)23(27(7,25)26)12-8-9-18(24)22-20(5,6)14-19(2,3)4/h10-11,13H,8-9,12,14H2,1-7H3,(H,22,24). The van der Waals surface area contributed by atoms with Crippen LogP contribution in [0.15, 0.2) is 18.2 Å². The Morgan fingerprint density at radius 3 is 2.26 bits per heavy atom. The number of nitrogens with one attached hydrogen (secondary N) is 1. The average molecular weight is 417 g/mol. The fourth-order valence-electron chi connectivity index (χ4n) is 3.42. The molecule has 0 heterocycles. The van der Waals surface area contributed by atoms with Crippen molar-refractivity contribution < 1.29 is 13.2 Å². The van der Waals surface area contributed by atoms with E-state index in [1.165, 1.54) is 4.31 Å². The molecule has 5 nitrogen and oxygen atoms in total. The van der Waals surface area contributed by atoms with Gasteiger partial charge in [0.2, 0.25) is 15.9 Å². The Morgan fingerprint density at radius 1 is 1.19 bits per heavy atom. The zero-order chi connectivity index (χ0) is 21.0. The summed E-state index contributed by atoms with van der Waals surface area (Å²) in [5, 5.41) is 3.57. The van der Waals surface area contributed by atoms with Crippen LogP contribution in [0.25, 0.3) is 0 Å². The molecule has 1 aromatic carbocycles. The molecule has 0 aliphatic carbocycles. The van der Waals surface area contributed by atoms with Crippen LogP contribution in [-0.4, -0.2) is 32.7 Å². The summed E-state index contributed by atoms with van der Waals surface area (Å²) in [7, 11) is -3.46. The van der Waals surface area contributed by atoms with Gasteiger partial charge in [-0.1, -0.05) is 38.4 Å². The van der Waals surface area contributed by atoms with Gasteiger partial charge in [-0.05, 0) is 56.7 Å². The number of hydrogen-bond acceptors (Lipinski definition) is 3. The number of carbonyl (C=O) groups excluding carboxylic acids is 1. The summed E-state index contributed by atoms with van der Waals surface area (Å²) in [5.74, 6) is -0.0698. The summed E-state index contributed by atoms with van der Waals surface area (Å²) >= 11 is 6.13. The topological polar surface area (TPSA) is 66.5 Å². The Bertz CT molecular complexity index is 768. The third kappa shape index (κ3) is 8.52. The summed E-state index contributed by atoms with van der Waals surface area (Å²) < 4.78 is 25.6. The van der Waals surface area contributed by atoms with Crippen LogP contribution in [0.4, 0.5) is 5.69 Å². The van der Waals surface area contributed by atoms with Crippen molar-refractivity contribution in [3.8, 4) is 0 Å². The molecule has 27 heavy (non-hydrogen) atoms. The summed E-state index contributed by atoms with van der Waals surface area (Å²) in [4.78, 5) is 12.3. The molecular formula is C20H33ClN2O3S. The number of aryl methyl sites for hydroxylation is 1. The second kappa shape index (κ2) is 8.82. The number of anilines is 1. The Labute approximate surface area is 169 Å². The molecule has 0 spiro atoms. The van der Waals surface area contributed by atoms with E-state index in [9.17, 15) is 13.2 Å². The predicted molar refractivity (Wildman–Crippen MR) is 114 cm³/mol. The third-order valence-corrected chi connectivity index (χ3v) is 5.66. The zero-order valence-corrected chi connectivity index (χ0v) is 19.1. The molecule has 1 N–H and O–H groups in total. The smallest absolute Gasteiger partial charge is 0.232 e. The first kappa shape index (κ1) is 23.8. The van der Waals surface area contributed by atoms with Gasteiger partial charge >= 0.3 is 0 Å². The Balaban J connectivity index is 2.72. The number of nitrogens with zero attached hydrogens (tertiary/aromatic N) is 1. The SMILES string of the molecule is Cc1ccc(N(CCCC(=O)NC(C)(C)CC(C)(C)C)S(C)(=O)=O)cc1Cl. The molecule has 0 aliphatic heterocycles. The Kier molecular flexibility index (Phi) is 7.77. The van der Waals surface area contributed by atoms with Crippen molar-refractivity contribution in [2.24, 2.45) is 5.41 Å². The van der Waals surface area contributed by atoms with Crippen LogP contribution in [0.1, 0.15) is 59.4 Å². The van der Waals surface area contributed by atoms with Crippen LogP contribution in [0.5, 0.6) is 0 Å². The number of amides is 1. The zero-order valence-electron chi connectivity index (χ0n) is 17.5. The lowest BCUT2D eigenvalue weighted by atomic mass is 9.82. The lowest BCUT2D eigenvalue weighted by Gasteiger charge is -2.33. The van der Waals surface area contributed by atoms with Gasteiger partial charge in [0.05, 0.1) is 11.9 Å². The normalized spacial score (nSPS) is 12.7. The summed E-state index contributed by atoms with van der Waals surface area (Å²) in [6.07, 6.45) is 2.70. The second-order valence-corrected chi connectivity index (χ2v) is 11.4.